The summed E-state index contributed by atoms with van der Waals surface area (Å²) in [5.74, 6) is 0.919. The molecule has 0 spiro atoms. The fourth-order valence-corrected chi connectivity index (χ4v) is 2.28. The van der Waals surface area contributed by atoms with Crippen molar-refractivity contribution < 1.29 is 4.74 Å². The Morgan fingerprint density at radius 2 is 2.00 bits per heavy atom. The smallest absolute Gasteiger partial charge is 0.119 e. The number of rotatable bonds is 8. The van der Waals surface area contributed by atoms with E-state index in [0.717, 1.165) is 55.2 Å². The Hall–Kier alpha value is -1.87. The van der Waals surface area contributed by atoms with Gasteiger partial charge in [0, 0.05) is 17.8 Å². The summed E-state index contributed by atoms with van der Waals surface area (Å²) in [4.78, 5) is 4.74. The summed E-state index contributed by atoms with van der Waals surface area (Å²) in [7, 11) is 0. The predicted octanol–water partition coefficient (Wildman–Crippen LogP) is 4.35. The van der Waals surface area contributed by atoms with Crippen LogP contribution in [0.25, 0.3) is 11.3 Å². The zero-order valence-corrected chi connectivity index (χ0v) is 13.9. The molecule has 0 unspecified atom stereocenters. The van der Waals surface area contributed by atoms with Crippen LogP contribution in [0, 0.1) is 6.92 Å². The van der Waals surface area contributed by atoms with Crippen LogP contribution in [0.5, 0.6) is 5.75 Å². The van der Waals surface area contributed by atoms with Crippen molar-refractivity contribution in [1.82, 2.24) is 10.3 Å². The van der Waals surface area contributed by atoms with E-state index in [0.29, 0.717) is 0 Å². The molecule has 1 heterocycles. The fraction of sp³-hybridized carbons (Fsp3) is 0.421. The van der Waals surface area contributed by atoms with Gasteiger partial charge in [-0.15, -0.1) is 0 Å². The van der Waals surface area contributed by atoms with Crippen LogP contribution in [0.2, 0.25) is 0 Å². The third kappa shape index (κ3) is 4.57. The zero-order chi connectivity index (χ0) is 15.8. The first kappa shape index (κ1) is 16.5. The van der Waals surface area contributed by atoms with Gasteiger partial charge in [0.1, 0.15) is 5.75 Å². The van der Waals surface area contributed by atoms with Crippen molar-refractivity contribution >= 4 is 0 Å². The van der Waals surface area contributed by atoms with Crippen LogP contribution in [0.4, 0.5) is 0 Å². The third-order valence-electron chi connectivity index (χ3n) is 3.66. The minimum absolute atomic E-state index is 0.772. The first-order valence-corrected chi connectivity index (χ1v) is 8.15. The van der Waals surface area contributed by atoms with Crippen LogP contribution < -0.4 is 10.1 Å². The fourth-order valence-electron chi connectivity index (χ4n) is 2.28. The molecule has 0 radical (unpaired) electrons. The summed E-state index contributed by atoms with van der Waals surface area (Å²) < 4.78 is 5.78. The molecule has 0 aliphatic carbocycles. The highest BCUT2D eigenvalue weighted by Gasteiger charge is 2.05. The van der Waals surface area contributed by atoms with Gasteiger partial charge in [-0.05, 0) is 43.7 Å². The van der Waals surface area contributed by atoms with Crippen molar-refractivity contribution in [3.05, 3.63) is 47.7 Å². The second-order valence-electron chi connectivity index (χ2n) is 5.45. The number of nitrogens with zero attached hydrogens (tertiary/aromatic N) is 1. The zero-order valence-electron chi connectivity index (χ0n) is 13.9. The lowest BCUT2D eigenvalue weighted by molar-refractivity contribution is 0.309. The summed E-state index contributed by atoms with van der Waals surface area (Å²) in [5, 5.41) is 3.34. The van der Waals surface area contributed by atoms with Gasteiger partial charge in [0.25, 0.3) is 0 Å². The van der Waals surface area contributed by atoms with Gasteiger partial charge in [0.15, 0.2) is 0 Å². The number of aryl methyl sites for hydroxylation is 1. The lowest BCUT2D eigenvalue weighted by Crippen LogP contribution is -2.13. The number of hydrogen-bond acceptors (Lipinski definition) is 3. The van der Waals surface area contributed by atoms with Gasteiger partial charge in [-0.2, -0.15) is 0 Å². The van der Waals surface area contributed by atoms with Crippen molar-refractivity contribution in [2.75, 3.05) is 13.2 Å². The minimum Gasteiger partial charge on any atom is -0.494 e. The summed E-state index contributed by atoms with van der Waals surface area (Å²) in [6, 6.07) is 12.4. The Balaban J connectivity index is 2.13. The number of hydrogen-bond donors (Lipinski definition) is 1. The van der Waals surface area contributed by atoms with Crippen molar-refractivity contribution in [2.45, 2.75) is 40.2 Å². The van der Waals surface area contributed by atoms with Gasteiger partial charge >= 0.3 is 0 Å². The molecule has 0 atom stereocenters. The van der Waals surface area contributed by atoms with E-state index in [1.165, 1.54) is 5.56 Å². The lowest BCUT2D eigenvalue weighted by Gasteiger charge is -2.10. The lowest BCUT2D eigenvalue weighted by atomic mass is 10.1. The summed E-state index contributed by atoms with van der Waals surface area (Å²) in [6.45, 7) is 8.96. The number of ether oxygens (including phenoxy) is 1. The number of pyridine rings is 1. The van der Waals surface area contributed by atoms with Crippen LogP contribution in [0.15, 0.2) is 36.4 Å². The molecule has 1 aromatic carbocycles. The van der Waals surface area contributed by atoms with E-state index in [2.05, 4.69) is 50.4 Å². The predicted molar refractivity (Wildman–Crippen MR) is 92.2 cm³/mol. The Bertz CT molecular complexity index is 596. The first-order chi connectivity index (χ1) is 10.7. The third-order valence-corrected chi connectivity index (χ3v) is 3.66. The average molecular weight is 298 g/mol. The summed E-state index contributed by atoms with van der Waals surface area (Å²) >= 11 is 0. The molecular formula is C19H26N2O. The topological polar surface area (TPSA) is 34.1 Å². The Labute approximate surface area is 133 Å². The molecule has 0 amide bonds. The SMILES string of the molecule is CCCCOc1cccc(-c2ccc(CNCC)c(C)n2)c1. The second kappa shape index (κ2) is 8.54. The Morgan fingerprint density at radius 3 is 2.73 bits per heavy atom. The number of aromatic nitrogens is 1. The molecule has 118 valence electrons. The summed E-state index contributed by atoms with van der Waals surface area (Å²) in [6.07, 6.45) is 2.23. The van der Waals surface area contributed by atoms with Crippen molar-refractivity contribution in [3.63, 3.8) is 0 Å². The van der Waals surface area contributed by atoms with Crippen LogP contribution in [0.3, 0.4) is 0 Å². The van der Waals surface area contributed by atoms with E-state index < -0.39 is 0 Å². The normalized spacial score (nSPS) is 10.7. The largest absolute Gasteiger partial charge is 0.494 e. The molecule has 0 aliphatic rings. The monoisotopic (exact) mass is 298 g/mol. The Kier molecular flexibility index (Phi) is 6.41. The maximum atomic E-state index is 5.78. The van der Waals surface area contributed by atoms with Crippen molar-refractivity contribution in [2.24, 2.45) is 0 Å². The molecule has 2 rings (SSSR count). The maximum absolute atomic E-state index is 5.78. The van der Waals surface area contributed by atoms with Gasteiger partial charge in [0.2, 0.25) is 0 Å². The highest BCUT2D eigenvalue weighted by atomic mass is 16.5. The molecular weight excluding hydrogens is 272 g/mol. The van der Waals surface area contributed by atoms with Gasteiger partial charge < -0.3 is 10.1 Å². The van der Waals surface area contributed by atoms with Gasteiger partial charge in [-0.1, -0.05) is 38.5 Å². The van der Waals surface area contributed by atoms with E-state index >= 15 is 0 Å². The van der Waals surface area contributed by atoms with Gasteiger partial charge in [-0.25, -0.2) is 0 Å². The number of unbranched alkanes of at least 4 members (excludes halogenated alkanes) is 1. The van der Waals surface area contributed by atoms with E-state index in [9.17, 15) is 0 Å². The van der Waals surface area contributed by atoms with E-state index in [1.807, 2.05) is 12.1 Å². The molecule has 0 bridgehead atoms. The van der Waals surface area contributed by atoms with Crippen molar-refractivity contribution in [3.8, 4) is 17.0 Å². The van der Waals surface area contributed by atoms with Crippen molar-refractivity contribution in [1.29, 1.82) is 0 Å². The summed E-state index contributed by atoms with van der Waals surface area (Å²) in [5.41, 5.74) is 4.43. The molecule has 0 saturated heterocycles. The first-order valence-electron chi connectivity index (χ1n) is 8.15. The quantitative estimate of drug-likeness (QED) is 0.736. The molecule has 3 heteroatoms. The molecule has 3 nitrogen and oxygen atoms in total. The van der Waals surface area contributed by atoms with E-state index in [-0.39, 0.29) is 0 Å². The molecule has 2 aromatic rings. The minimum atomic E-state index is 0.772. The van der Waals surface area contributed by atoms with E-state index in [4.69, 9.17) is 9.72 Å². The molecule has 0 aliphatic heterocycles. The molecule has 1 aromatic heterocycles. The van der Waals surface area contributed by atoms with Crippen LogP contribution in [-0.4, -0.2) is 18.1 Å². The molecule has 22 heavy (non-hydrogen) atoms. The number of nitrogens with one attached hydrogen (secondary N) is 1. The molecule has 1 N–H and O–H groups in total. The molecule has 0 saturated carbocycles. The van der Waals surface area contributed by atoms with Crippen LogP contribution in [0.1, 0.15) is 37.9 Å². The van der Waals surface area contributed by atoms with Crippen LogP contribution >= 0.6 is 0 Å². The van der Waals surface area contributed by atoms with Gasteiger partial charge in [-0.3, -0.25) is 4.98 Å². The highest BCUT2D eigenvalue weighted by Crippen LogP contribution is 2.23. The Morgan fingerprint density at radius 1 is 1.14 bits per heavy atom. The number of benzene rings is 1. The molecule has 0 fully saturated rings. The maximum Gasteiger partial charge on any atom is 0.119 e. The average Bonchev–Trinajstić information content (AvgIpc) is 2.54. The standard InChI is InChI=1S/C19H26N2O/c1-4-6-12-22-18-9-7-8-16(13-18)19-11-10-17(14-20-5-2)15(3)21-19/h7-11,13,20H,4-6,12,14H2,1-3H3. The van der Waals surface area contributed by atoms with E-state index in [1.54, 1.807) is 0 Å². The van der Waals surface area contributed by atoms with Gasteiger partial charge in [0.05, 0.1) is 12.3 Å². The second-order valence-corrected chi connectivity index (χ2v) is 5.45. The van der Waals surface area contributed by atoms with Crippen LogP contribution in [-0.2, 0) is 6.54 Å². The highest BCUT2D eigenvalue weighted by molar-refractivity contribution is 5.61.